The highest BCUT2D eigenvalue weighted by Crippen LogP contribution is 2.17. The van der Waals surface area contributed by atoms with E-state index in [-0.39, 0.29) is 18.5 Å². The molecule has 1 rings (SSSR count). The first-order chi connectivity index (χ1) is 9.56. The van der Waals surface area contributed by atoms with Gasteiger partial charge in [-0.05, 0) is 12.3 Å². The molecule has 2 unspecified atom stereocenters. The van der Waals surface area contributed by atoms with E-state index in [1.807, 2.05) is 0 Å². The molecule has 0 aliphatic carbocycles. The van der Waals surface area contributed by atoms with E-state index >= 15 is 0 Å². The van der Waals surface area contributed by atoms with Gasteiger partial charge in [0.05, 0.1) is 13.2 Å². The number of methoxy groups -OCH3 is 1. The molecule has 0 saturated carbocycles. The van der Waals surface area contributed by atoms with Crippen molar-refractivity contribution in [3.8, 4) is 0 Å². The van der Waals surface area contributed by atoms with Gasteiger partial charge in [-0.1, -0.05) is 13.3 Å². The number of carbonyl (C=O) groups is 2. The number of nitrogens with two attached hydrogens (primary N) is 1. The average Bonchev–Trinajstić information content (AvgIpc) is 2.41. The third kappa shape index (κ3) is 5.85. The normalized spacial score (nSPS) is 23.4. The Hall–Kier alpha value is -1.18. The summed E-state index contributed by atoms with van der Waals surface area (Å²) >= 11 is 0. The van der Waals surface area contributed by atoms with Crippen LogP contribution in [0.3, 0.4) is 0 Å². The van der Waals surface area contributed by atoms with Gasteiger partial charge in [-0.2, -0.15) is 0 Å². The summed E-state index contributed by atoms with van der Waals surface area (Å²) < 4.78 is 4.81. The summed E-state index contributed by atoms with van der Waals surface area (Å²) in [6.07, 6.45) is 1.91. The maximum atomic E-state index is 11.8. The molecule has 4 N–H and O–H groups in total. The van der Waals surface area contributed by atoms with Crippen molar-refractivity contribution in [2.45, 2.75) is 25.8 Å². The summed E-state index contributed by atoms with van der Waals surface area (Å²) in [7, 11) is 1.55. The number of hydrogen-bond acceptors (Lipinski definition) is 5. The minimum Gasteiger partial charge on any atom is -0.383 e. The number of ether oxygens (including phenoxy) is 1. The summed E-state index contributed by atoms with van der Waals surface area (Å²) in [5.74, 6) is 0.136. The Morgan fingerprint density at radius 2 is 2.20 bits per heavy atom. The lowest BCUT2D eigenvalue weighted by atomic mass is 9.91. The number of likely N-dealkylation sites (tertiary alicyclic amines) is 1. The molecule has 116 valence electrons. The van der Waals surface area contributed by atoms with Gasteiger partial charge in [0.2, 0.25) is 5.91 Å². The lowest BCUT2D eigenvalue weighted by Gasteiger charge is -2.35. The Bertz CT molecular complexity index is 325. The second-order valence-electron chi connectivity index (χ2n) is 5.15. The van der Waals surface area contributed by atoms with Crippen LogP contribution in [0.25, 0.3) is 0 Å². The zero-order valence-corrected chi connectivity index (χ0v) is 12.4. The van der Waals surface area contributed by atoms with E-state index in [0.29, 0.717) is 19.1 Å². The van der Waals surface area contributed by atoms with Gasteiger partial charge in [0, 0.05) is 32.8 Å². The highest BCUT2D eigenvalue weighted by molar-refractivity contribution is 5.95. The SMILES string of the molecule is CCC1CN(CC(=O)NC(=O)NCCOC)CCC1N. The summed E-state index contributed by atoms with van der Waals surface area (Å²) in [6, 6.07) is -0.260. The van der Waals surface area contributed by atoms with Crippen molar-refractivity contribution in [1.82, 2.24) is 15.5 Å². The first-order valence-electron chi connectivity index (χ1n) is 7.11. The van der Waals surface area contributed by atoms with Crippen molar-refractivity contribution < 1.29 is 14.3 Å². The predicted molar refractivity (Wildman–Crippen MR) is 76.2 cm³/mol. The van der Waals surface area contributed by atoms with Gasteiger partial charge in [-0.3, -0.25) is 15.0 Å². The van der Waals surface area contributed by atoms with Gasteiger partial charge < -0.3 is 15.8 Å². The molecule has 3 amide bonds. The number of imide groups is 1. The molecule has 1 fully saturated rings. The lowest BCUT2D eigenvalue weighted by Crippen LogP contribution is -2.51. The molecule has 0 radical (unpaired) electrons. The molecule has 2 atom stereocenters. The fraction of sp³-hybridized carbons (Fsp3) is 0.846. The predicted octanol–water partition coefficient (Wildman–Crippen LogP) is -0.482. The zero-order valence-electron chi connectivity index (χ0n) is 12.4. The van der Waals surface area contributed by atoms with Crippen molar-refractivity contribution in [2.24, 2.45) is 11.7 Å². The van der Waals surface area contributed by atoms with Gasteiger partial charge in [-0.15, -0.1) is 0 Å². The molecule has 20 heavy (non-hydrogen) atoms. The number of piperidine rings is 1. The topological polar surface area (TPSA) is 96.7 Å². The molecule has 0 aromatic carbocycles. The number of nitrogens with zero attached hydrogens (tertiary/aromatic N) is 1. The van der Waals surface area contributed by atoms with Crippen LogP contribution >= 0.6 is 0 Å². The number of rotatable bonds is 6. The summed E-state index contributed by atoms with van der Waals surface area (Å²) in [6.45, 7) is 4.76. The van der Waals surface area contributed by atoms with E-state index in [1.165, 1.54) is 0 Å². The van der Waals surface area contributed by atoms with Crippen LogP contribution < -0.4 is 16.4 Å². The van der Waals surface area contributed by atoms with Crippen molar-refractivity contribution in [2.75, 3.05) is 39.9 Å². The number of hydrogen-bond donors (Lipinski definition) is 3. The Morgan fingerprint density at radius 3 is 2.85 bits per heavy atom. The lowest BCUT2D eigenvalue weighted by molar-refractivity contribution is -0.121. The first-order valence-corrected chi connectivity index (χ1v) is 7.11. The van der Waals surface area contributed by atoms with Crippen molar-refractivity contribution in [3.05, 3.63) is 0 Å². The summed E-state index contributed by atoms with van der Waals surface area (Å²) in [5.41, 5.74) is 6.03. The molecule has 0 bridgehead atoms. The quantitative estimate of drug-likeness (QED) is 0.573. The summed E-state index contributed by atoms with van der Waals surface area (Å²) in [5, 5.41) is 4.86. The van der Waals surface area contributed by atoms with Gasteiger partial charge in [0.1, 0.15) is 0 Å². The van der Waals surface area contributed by atoms with Gasteiger partial charge in [0.15, 0.2) is 0 Å². The smallest absolute Gasteiger partial charge is 0.321 e. The molecule has 1 aliphatic rings. The molecule has 0 spiro atoms. The molecule has 1 aliphatic heterocycles. The van der Waals surface area contributed by atoms with Crippen molar-refractivity contribution in [3.63, 3.8) is 0 Å². The average molecular weight is 286 g/mol. The van der Waals surface area contributed by atoms with E-state index < -0.39 is 6.03 Å². The van der Waals surface area contributed by atoms with E-state index in [2.05, 4.69) is 22.5 Å². The minimum atomic E-state index is -0.479. The molecule has 1 heterocycles. The van der Waals surface area contributed by atoms with Gasteiger partial charge >= 0.3 is 6.03 Å². The van der Waals surface area contributed by atoms with Crippen LogP contribution in [-0.4, -0.2) is 62.8 Å². The largest absolute Gasteiger partial charge is 0.383 e. The van der Waals surface area contributed by atoms with Crippen molar-refractivity contribution >= 4 is 11.9 Å². The van der Waals surface area contributed by atoms with Gasteiger partial charge in [-0.25, -0.2) is 4.79 Å². The maximum absolute atomic E-state index is 11.8. The van der Waals surface area contributed by atoms with Crippen LogP contribution in [0.15, 0.2) is 0 Å². The highest BCUT2D eigenvalue weighted by atomic mass is 16.5. The fourth-order valence-electron chi connectivity index (χ4n) is 2.38. The molecule has 7 heteroatoms. The molecule has 7 nitrogen and oxygen atoms in total. The second-order valence-corrected chi connectivity index (χ2v) is 5.15. The highest BCUT2D eigenvalue weighted by Gasteiger charge is 2.26. The summed E-state index contributed by atoms with van der Waals surface area (Å²) in [4.78, 5) is 25.2. The van der Waals surface area contributed by atoms with E-state index in [9.17, 15) is 9.59 Å². The third-order valence-corrected chi connectivity index (χ3v) is 3.61. The fourth-order valence-corrected chi connectivity index (χ4v) is 2.38. The van der Waals surface area contributed by atoms with E-state index in [0.717, 1.165) is 25.9 Å². The molecule has 1 saturated heterocycles. The molecular formula is C13H26N4O3. The Morgan fingerprint density at radius 1 is 1.45 bits per heavy atom. The van der Waals surface area contributed by atoms with E-state index in [1.54, 1.807) is 7.11 Å². The number of carbonyl (C=O) groups excluding carboxylic acids is 2. The van der Waals surface area contributed by atoms with Gasteiger partial charge in [0.25, 0.3) is 0 Å². The monoisotopic (exact) mass is 286 g/mol. The molecule has 0 aromatic heterocycles. The maximum Gasteiger partial charge on any atom is 0.321 e. The number of nitrogens with one attached hydrogen (secondary N) is 2. The molecule has 0 aromatic rings. The number of urea groups is 1. The van der Waals surface area contributed by atoms with Crippen LogP contribution in [-0.2, 0) is 9.53 Å². The van der Waals surface area contributed by atoms with Crippen LogP contribution in [0.2, 0.25) is 0 Å². The standard InChI is InChI=1S/C13H26N4O3/c1-3-10-8-17(6-4-11(10)14)9-12(18)16-13(19)15-5-7-20-2/h10-11H,3-9,14H2,1-2H3,(H2,15,16,18,19). The first kappa shape index (κ1) is 16.9. The number of amides is 3. The van der Waals surface area contributed by atoms with Crippen LogP contribution in [0.1, 0.15) is 19.8 Å². The van der Waals surface area contributed by atoms with Crippen LogP contribution in [0.5, 0.6) is 0 Å². The second kappa shape index (κ2) is 8.89. The molecular weight excluding hydrogens is 260 g/mol. The Balaban J connectivity index is 2.26. The van der Waals surface area contributed by atoms with Crippen LogP contribution in [0.4, 0.5) is 4.79 Å². The van der Waals surface area contributed by atoms with Crippen LogP contribution in [0, 0.1) is 5.92 Å². The van der Waals surface area contributed by atoms with E-state index in [4.69, 9.17) is 10.5 Å². The minimum absolute atomic E-state index is 0.219. The Kier molecular flexibility index (Phi) is 7.50. The zero-order chi connectivity index (χ0) is 15.0. The third-order valence-electron chi connectivity index (χ3n) is 3.61. The Labute approximate surface area is 120 Å². The van der Waals surface area contributed by atoms with Crippen molar-refractivity contribution in [1.29, 1.82) is 0 Å².